The Morgan fingerprint density at radius 1 is 0.950 bits per heavy atom. The number of carbonyl (C=O) groups excluding carboxylic acids is 2. The summed E-state index contributed by atoms with van der Waals surface area (Å²) in [5, 5.41) is 0. The van der Waals surface area contributed by atoms with Gasteiger partial charge in [0.2, 0.25) is 5.78 Å². The van der Waals surface area contributed by atoms with E-state index in [0.717, 1.165) is 31.2 Å². The van der Waals surface area contributed by atoms with Gasteiger partial charge in [-0.05, 0) is 18.4 Å². The zero-order valence-corrected chi connectivity index (χ0v) is 11.8. The monoisotopic (exact) mass is 274 g/mol. The molecule has 1 aliphatic carbocycles. The van der Waals surface area contributed by atoms with Gasteiger partial charge in [-0.3, -0.25) is 4.79 Å². The summed E-state index contributed by atoms with van der Waals surface area (Å²) in [6.45, 7) is 0.179. The van der Waals surface area contributed by atoms with Crippen LogP contribution in [0.4, 0.5) is 0 Å². The van der Waals surface area contributed by atoms with Crippen LogP contribution in [-0.2, 0) is 20.9 Å². The van der Waals surface area contributed by atoms with Crippen LogP contribution in [-0.4, -0.2) is 11.8 Å². The lowest BCUT2D eigenvalue weighted by atomic mass is 9.88. The number of hydrogen-bond donors (Lipinski definition) is 0. The average molecular weight is 274 g/mol. The smallest absolute Gasteiger partial charge is 0.375 e. The number of Topliss-reactive ketones (excluding diaryl/α,β-unsaturated/α-hetero) is 1. The van der Waals surface area contributed by atoms with Gasteiger partial charge in [0.1, 0.15) is 6.61 Å². The minimum atomic E-state index is -0.667. The molecule has 0 unspecified atom stereocenters. The minimum Gasteiger partial charge on any atom is -0.455 e. The number of ketones is 1. The van der Waals surface area contributed by atoms with Crippen molar-refractivity contribution >= 4 is 11.8 Å². The van der Waals surface area contributed by atoms with Gasteiger partial charge in [-0.15, -0.1) is 0 Å². The van der Waals surface area contributed by atoms with Crippen molar-refractivity contribution in [2.75, 3.05) is 0 Å². The van der Waals surface area contributed by atoms with Crippen LogP contribution in [0, 0.1) is 5.92 Å². The van der Waals surface area contributed by atoms with Gasteiger partial charge in [0.25, 0.3) is 0 Å². The second kappa shape index (κ2) is 7.83. The highest BCUT2D eigenvalue weighted by molar-refractivity contribution is 6.34. The molecule has 1 fully saturated rings. The fourth-order valence-corrected chi connectivity index (χ4v) is 2.68. The molecule has 0 aliphatic heterocycles. The van der Waals surface area contributed by atoms with E-state index in [2.05, 4.69) is 0 Å². The molecule has 0 spiro atoms. The van der Waals surface area contributed by atoms with Gasteiger partial charge in [0, 0.05) is 5.92 Å². The van der Waals surface area contributed by atoms with Gasteiger partial charge in [0.05, 0.1) is 0 Å². The molecule has 3 heteroatoms. The summed E-state index contributed by atoms with van der Waals surface area (Å²) in [5.74, 6) is -1.12. The van der Waals surface area contributed by atoms with Gasteiger partial charge in [0.15, 0.2) is 0 Å². The first kappa shape index (κ1) is 14.8. The number of carbonyl (C=O) groups is 2. The fraction of sp³-hybridized carbons (Fsp3) is 0.529. The number of hydrogen-bond acceptors (Lipinski definition) is 3. The second-order valence-electron chi connectivity index (χ2n) is 5.47. The Labute approximate surface area is 120 Å². The summed E-state index contributed by atoms with van der Waals surface area (Å²) < 4.78 is 5.13. The summed E-state index contributed by atoms with van der Waals surface area (Å²) >= 11 is 0. The molecule has 1 aliphatic rings. The quantitative estimate of drug-likeness (QED) is 0.621. The Bertz CT molecular complexity index is 431. The van der Waals surface area contributed by atoms with Crippen molar-refractivity contribution in [1.82, 2.24) is 0 Å². The van der Waals surface area contributed by atoms with E-state index < -0.39 is 5.97 Å². The third-order valence-electron chi connectivity index (χ3n) is 3.89. The molecule has 0 bridgehead atoms. The first-order chi connectivity index (χ1) is 9.77. The van der Waals surface area contributed by atoms with Crippen LogP contribution >= 0.6 is 0 Å². The molecule has 0 atom stereocenters. The van der Waals surface area contributed by atoms with Crippen molar-refractivity contribution in [3.05, 3.63) is 35.9 Å². The lowest BCUT2D eigenvalue weighted by Crippen LogP contribution is -2.26. The number of esters is 1. The molecule has 108 valence electrons. The van der Waals surface area contributed by atoms with Gasteiger partial charge in [-0.25, -0.2) is 4.79 Å². The van der Waals surface area contributed by atoms with E-state index in [1.807, 2.05) is 30.3 Å². The topological polar surface area (TPSA) is 43.4 Å². The number of benzene rings is 1. The van der Waals surface area contributed by atoms with Crippen molar-refractivity contribution in [3.63, 3.8) is 0 Å². The molecule has 0 aromatic heterocycles. The molecule has 0 amide bonds. The first-order valence-electron chi connectivity index (χ1n) is 7.52. The molecule has 20 heavy (non-hydrogen) atoms. The van der Waals surface area contributed by atoms with Crippen LogP contribution in [0.15, 0.2) is 30.3 Å². The zero-order chi connectivity index (χ0) is 14.2. The molecule has 0 heterocycles. The summed E-state index contributed by atoms with van der Waals surface area (Å²) in [6.07, 6.45) is 7.34. The SMILES string of the molecule is O=C(OCc1ccccc1)C(=O)C1CCCCCCC1. The highest BCUT2D eigenvalue weighted by atomic mass is 16.5. The Balaban J connectivity index is 1.83. The summed E-state index contributed by atoms with van der Waals surface area (Å²) in [6, 6.07) is 9.45. The lowest BCUT2D eigenvalue weighted by Gasteiger charge is -2.17. The predicted octanol–water partition coefficient (Wildman–Crippen LogP) is 3.66. The third kappa shape index (κ3) is 4.48. The maximum absolute atomic E-state index is 12.1. The molecule has 1 aromatic rings. The lowest BCUT2D eigenvalue weighted by molar-refractivity contribution is -0.157. The Kier molecular flexibility index (Phi) is 5.78. The fourth-order valence-electron chi connectivity index (χ4n) is 2.68. The van der Waals surface area contributed by atoms with Crippen LogP contribution in [0.25, 0.3) is 0 Å². The standard InChI is InChI=1S/C17H22O3/c18-16(15-11-7-2-1-3-8-12-15)17(19)20-13-14-9-5-4-6-10-14/h4-6,9-10,15H,1-3,7-8,11-13H2. The zero-order valence-electron chi connectivity index (χ0n) is 11.8. The number of ether oxygens (including phenoxy) is 1. The summed E-state index contributed by atoms with van der Waals surface area (Å²) in [7, 11) is 0. The molecule has 2 rings (SSSR count). The largest absolute Gasteiger partial charge is 0.455 e. The highest BCUT2D eigenvalue weighted by Gasteiger charge is 2.26. The van der Waals surface area contributed by atoms with Crippen molar-refractivity contribution in [2.45, 2.75) is 51.6 Å². The van der Waals surface area contributed by atoms with Gasteiger partial charge < -0.3 is 4.74 Å². The third-order valence-corrected chi connectivity index (χ3v) is 3.89. The molecule has 0 saturated heterocycles. The van der Waals surface area contributed by atoms with Crippen LogP contribution in [0.1, 0.15) is 50.5 Å². The molecule has 1 aromatic carbocycles. The van der Waals surface area contributed by atoms with Crippen molar-refractivity contribution in [3.8, 4) is 0 Å². The van der Waals surface area contributed by atoms with Crippen LogP contribution in [0.2, 0.25) is 0 Å². The minimum absolute atomic E-state index is 0.126. The van der Waals surface area contributed by atoms with E-state index in [9.17, 15) is 9.59 Å². The molecular formula is C17H22O3. The van der Waals surface area contributed by atoms with Crippen molar-refractivity contribution in [2.24, 2.45) is 5.92 Å². The average Bonchev–Trinajstić information content (AvgIpc) is 2.45. The maximum Gasteiger partial charge on any atom is 0.375 e. The van der Waals surface area contributed by atoms with E-state index in [1.165, 1.54) is 19.3 Å². The van der Waals surface area contributed by atoms with Crippen molar-refractivity contribution < 1.29 is 14.3 Å². The summed E-state index contributed by atoms with van der Waals surface area (Å²) in [5.41, 5.74) is 0.909. The molecule has 0 N–H and O–H groups in total. The highest BCUT2D eigenvalue weighted by Crippen LogP contribution is 2.23. The van der Waals surface area contributed by atoms with Crippen molar-refractivity contribution in [1.29, 1.82) is 0 Å². The second-order valence-corrected chi connectivity index (χ2v) is 5.47. The van der Waals surface area contributed by atoms with Crippen LogP contribution < -0.4 is 0 Å². The molecule has 0 radical (unpaired) electrons. The van der Waals surface area contributed by atoms with E-state index in [0.29, 0.717) is 0 Å². The molecular weight excluding hydrogens is 252 g/mol. The van der Waals surface area contributed by atoms with Gasteiger partial charge in [-0.1, -0.05) is 62.4 Å². The molecule has 1 saturated carbocycles. The predicted molar refractivity (Wildman–Crippen MR) is 77.1 cm³/mol. The summed E-state index contributed by atoms with van der Waals surface area (Å²) in [4.78, 5) is 24.0. The van der Waals surface area contributed by atoms with Gasteiger partial charge in [-0.2, -0.15) is 0 Å². The van der Waals surface area contributed by atoms with Gasteiger partial charge >= 0.3 is 5.97 Å². The first-order valence-corrected chi connectivity index (χ1v) is 7.52. The van der Waals surface area contributed by atoms with E-state index in [4.69, 9.17) is 4.74 Å². The Morgan fingerprint density at radius 2 is 1.55 bits per heavy atom. The Hall–Kier alpha value is -1.64. The van der Waals surface area contributed by atoms with E-state index >= 15 is 0 Å². The Morgan fingerprint density at radius 3 is 2.20 bits per heavy atom. The van der Waals surface area contributed by atoms with E-state index in [-0.39, 0.29) is 18.3 Å². The van der Waals surface area contributed by atoms with E-state index in [1.54, 1.807) is 0 Å². The number of rotatable bonds is 4. The van der Waals surface area contributed by atoms with Crippen LogP contribution in [0.3, 0.4) is 0 Å². The molecule has 3 nitrogen and oxygen atoms in total. The van der Waals surface area contributed by atoms with Crippen LogP contribution in [0.5, 0.6) is 0 Å². The normalized spacial score (nSPS) is 17.0. The maximum atomic E-state index is 12.1.